The van der Waals surface area contributed by atoms with E-state index in [2.05, 4.69) is 11.9 Å². The van der Waals surface area contributed by atoms with Gasteiger partial charge in [-0.05, 0) is 18.8 Å². The van der Waals surface area contributed by atoms with E-state index in [1.54, 1.807) is 20.8 Å². The molecule has 1 fully saturated rings. The first-order chi connectivity index (χ1) is 9.76. The number of esters is 1. The average Bonchev–Trinajstić information content (AvgIpc) is 2.36. The molecule has 5 nitrogen and oxygen atoms in total. The highest BCUT2D eigenvalue weighted by Crippen LogP contribution is 2.40. The van der Waals surface area contributed by atoms with E-state index in [9.17, 15) is 14.4 Å². The second kappa shape index (κ2) is 6.96. The minimum atomic E-state index is -0.901. The summed E-state index contributed by atoms with van der Waals surface area (Å²) < 4.78 is 4.75. The van der Waals surface area contributed by atoms with Crippen molar-refractivity contribution in [2.75, 3.05) is 13.7 Å². The maximum atomic E-state index is 12.6. The van der Waals surface area contributed by atoms with Crippen molar-refractivity contribution in [3.63, 3.8) is 0 Å². The van der Waals surface area contributed by atoms with Crippen molar-refractivity contribution in [1.82, 2.24) is 0 Å². The van der Waals surface area contributed by atoms with Crippen LogP contribution < -0.4 is 0 Å². The van der Waals surface area contributed by atoms with E-state index in [0.717, 1.165) is 12.8 Å². The average molecular weight is 295 g/mol. The van der Waals surface area contributed by atoms with E-state index in [4.69, 9.17) is 4.74 Å². The van der Waals surface area contributed by atoms with E-state index < -0.39 is 23.2 Å². The summed E-state index contributed by atoms with van der Waals surface area (Å²) in [4.78, 5) is 41.2. The summed E-state index contributed by atoms with van der Waals surface area (Å²) in [6.07, 6.45) is 2.10. The van der Waals surface area contributed by atoms with Crippen LogP contribution in [-0.2, 0) is 19.1 Å². The number of carbonyl (C=O) groups is 3. The number of methoxy groups -OCH3 is 1. The number of carbonyl (C=O) groups excluding carboxylic acids is 3. The lowest BCUT2D eigenvalue weighted by Crippen LogP contribution is -2.51. The number of hydrogen-bond donors (Lipinski definition) is 0. The summed E-state index contributed by atoms with van der Waals surface area (Å²) in [7, 11) is 1.26. The Bertz CT molecular complexity index is 465. The Kier molecular flexibility index (Phi) is 5.81. The molecule has 1 saturated carbocycles. The van der Waals surface area contributed by atoms with Crippen LogP contribution >= 0.6 is 0 Å². The molecule has 0 aliphatic heterocycles. The van der Waals surface area contributed by atoms with Crippen molar-refractivity contribution in [2.45, 2.75) is 47.0 Å². The standard InChI is InChI=1S/C16H25NO4/c1-6-7-8-17-10(2)12-11(18)9-16(3,4)13(14(12)19)15(20)21-5/h12-13H,6-9H2,1-5H3/t12?,13-/m1/s1. The second-order valence-electron chi connectivity index (χ2n) is 6.30. The van der Waals surface area contributed by atoms with Gasteiger partial charge in [-0.3, -0.25) is 19.4 Å². The molecule has 21 heavy (non-hydrogen) atoms. The lowest BCUT2D eigenvalue weighted by molar-refractivity contribution is -0.159. The number of aliphatic imine (C=N–C) groups is 1. The smallest absolute Gasteiger partial charge is 0.316 e. The number of ketones is 2. The van der Waals surface area contributed by atoms with Gasteiger partial charge in [0.05, 0.1) is 7.11 Å². The monoisotopic (exact) mass is 295 g/mol. The van der Waals surface area contributed by atoms with Crippen molar-refractivity contribution < 1.29 is 19.1 Å². The highest BCUT2D eigenvalue weighted by Gasteiger charge is 2.52. The summed E-state index contributed by atoms with van der Waals surface area (Å²) >= 11 is 0. The Labute approximate surface area is 126 Å². The van der Waals surface area contributed by atoms with Crippen molar-refractivity contribution in [3.8, 4) is 0 Å². The first-order valence-corrected chi connectivity index (χ1v) is 7.41. The molecule has 0 spiro atoms. The van der Waals surface area contributed by atoms with Gasteiger partial charge in [0.1, 0.15) is 17.6 Å². The zero-order valence-corrected chi connectivity index (χ0v) is 13.6. The predicted molar refractivity (Wildman–Crippen MR) is 80.3 cm³/mol. The molecule has 0 N–H and O–H groups in total. The van der Waals surface area contributed by atoms with Gasteiger partial charge in [0.25, 0.3) is 0 Å². The molecule has 0 aromatic heterocycles. The third kappa shape index (κ3) is 3.77. The van der Waals surface area contributed by atoms with Crippen LogP contribution in [0.3, 0.4) is 0 Å². The van der Waals surface area contributed by atoms with Crippen LogP contribution in [0.15, 0.2) is 4.99 Å². The predicted octanol–water partition coefficient (Wildman–Crippen LogP) is 2.22. The highest BCUT2D eigenvalue weighted by molar-refractivity contribution is 6.25. The fraction of sp³-hybridized carbons (Fsp3) is 0.750. The number of hydrogen-bond acceptors (Lipinski definition) is 5. The largest absolute Gasteiger partial charge is 0.468 e. The van der Waals surface area contributed by atoms with Gasteiger partial charge in [0.2, 0.25) is 0 Å². The zero-order valence-electron chi connectivity index (χ0n) is 13.6. The number of ether oxygens (including phenoxy) is 1. The molecule has 0 amide bonds. The number of unbranched alkanes of at least 4 members (excludes halogenated alkanes) is 1. The highest BCUT2D eigenvalue weighted by atomic mass is 16.5. The van der Waals surface area contributed by atoms with Crippen LogP contribution in [0.2, 0.25) is 0 Å². The molecule has 5 heteroatoms. The SMILES string of the molecule is CCCCN=C(C)C1C(=O)CC(C)(C)[C@@H](C(=O)OC)C1=O. The van der Waals surface area contributed by atoms with Gasteiger partial charge < -0.3 is 4.74 Å². The van der Waals surface area contributed by atoms with E-state index in [1.165, 1.54) is 7.11 Å². The molecular weight excluding hydrogens is 270 g/mol. The van der Waals surface area contributed by atoms with Crippen LogP contribution in [0.25, 0.3) is 0 Å². The second-order valence-corrected chi connectivity index (χ2v) is 6.30. The molecule has 2 atom stereocenters. The summed E-state index contributed by atoms with van der Waals surface area (Å²) in [6.45, 7) is 7.86. The van der Waals surface area contributed by atoms with Crippen molar-refractivity contribution in [1.29, 1.82) is 0 Å². The molecule has 0 heterocycles. The molecule has 1 aliphatic carbocycles. The maximum Gasteiger partial charge on any atom is 0.316 e. The van der Waals surface area contributed by atoms with E-state index in [1.807, 2.05) is 0 Å². The number of nitrogens with zero attached hydrogens (tertiary/aromatic N) is 1. The lowest BCUT2D eigenvalue weighted by atomic mass is 9.63. The normalized spacial score (nSPS) is 25.9. The third-order valence-corrected chi connectivity index (χ3v) is 4.03. The van der Waals surface area contributed by atoms with Gasteiger partial charge in [0.15, 0.2) is 5.78 Å². The van der Waals surface area contributed by atoms with Gasteiger partial charge in [-0.25, -0.2) is 0 Å². The van der Waals surface area contributed by atoms with E-state index in [0.29, 0.717) is 12.3 Å². The Morgan fingerprint density at radius 3 is 2.52 bits per heavy atom. The molecule has 0 saturated heterocycles. The van der Waals surface area contributed by atoms with Crippen LogP contribution in [0.4, 0.5) is 0 Å². The first kappa shape index (κ1) is 17.5. The molecule has 0 bridgehead atoms. The van der Waals surface area contributed by atoms with Crippen molar-refractivity contribution in [2.24, 2.45) is 22.2 Å². The van der Waals surface area contributed by atoms with E-state index in [-0.39, 0.29) is 18.0 Å². The lowest BCUT2D eigenvalue weighted by Gasteiger charge is -2.38. The van der Waals surface area contributed by atoms with Crippen LogP contribution in [0.1, 0.15) is 47.0 Å². The van der Waals surface area contributed by atoms with Gasteiger partial charge in [-0.1, -0.05) is 27.2 Å². The van der Waals surface area contributed by atoms with Crippen molar-refractivity contribution >= 4 is 23.2 Å². The Balaban J connectivity index is 3.06. The van der Waals surface area contributed by atoms with Gasteiger partial charge in [0, 0.05) is 18.7 Å². The summed E-state index contributed by atoms with van der Waals surface area (Å²) in [5, 5.41) is 0. The number of Topliss-reactive ketones (excluding diaryl/α,β-unsaturated/α-hetero) is 2. The van der Waals surface area contributed by atoms with Crippen molar-refractivity contribution in [3.05, 3.63) is 0 Å². The van der Waals surface area contributed by atoms with Gasteiger partial charge >= 0.3 is 5.97 Å². The summed E-state index contributed by atoms with van der Waals surface area (Å²) in [5.41, 5.74) is -0.190. The molecule has 1 unspecified atom stereocenters. The molecule has 0 radical (unpaired) electrons. The third-order valence-electron chi connectivity index (χ3n) is 4.03. The minimum absolute atomic E-state index is 0.150. The minimum Gasteiger partial charge on any atom is -0.468 e. The topological polar surface area (TPSA) is 72.8 Å². The number of rotatable bonds is 5. The van der Waals surface area contributed by atoms with E-state index >= 15 is 0 Å². The Hall–Kier alpha value is -1.52. The Morgan fingerprint density at radius 1 is 1.38 bits per heavy atom. The van der Waals surface area contributed by atoms with Crippen LogP contribution in [-0.4, -0.2) is 36.9 Å². The zero-order chi connectivity index (χ0) is 16.2. The van der Waals surface area contributed by atoms with Crippen LogP contribution in [0.5, 0.6) is 0 Å². The quantitative estimate of drug-likeness (QED) is 0.337. The van der Waals surface area contributed by atoms with Gasteiger partial charge in [-0.15, -0.1) is 0 Å². The first-order valence-electron chi connectivity index (χ1n) is 7.41. The fourth-order valence-corrected chi connectivity index (χ4v) is 2.86. The summed E-state index contributed by atoms with van der Waals surface area (Å²) in [6, 6.07) is 0. The molecule has 0 aromatic carbocycles. The molecule has 1 aliphatic rings. The van der Waals surface area contributed by atoms with Gasteiger partial charge in [-0.2, -0.15) is 0 Å². The fourth-order valence-electron chi connectivity index (χ4n) is 2.86. The molecule has 1 rings (SSSR count). The molecule has 118 valence electrons. The molecular formula is C16H25NO4. The maximum absolute atomic E-state index is 12.6. The summed E-state index contributed by atoms with van der Waals surface area (Å²) in [5.74, 6) is -2.88. The Morgan fingerprint density at radius 2 is 2.00 bits per heavy atom. The molecule has 0 aromatic rings. The van der Waals surface area contributed by atoms with Crippen LogP contribution in [0, 0.1) is 17.3 Å².